The van der Waals surface area contributed by atoms with Crippen LogP contribution in [0.2, 0.25) is 0 Å². The summed E-state index contributed by atoms with van der Waals surface area (Å²) in [4.78, 5) is 11.7. The molecule has 31 heavy (non-hydrogen) atoms. The third-order valence-corrected chi connectivity index (χ3v) is 4.82. The maximum Gasteiger partial charge on any atom is 0.416 e. The van der Waals surface area contributed by atoms with Gasteiger partial charge in [-0.25, -0.2) is 4.68 Å². The van der Waals surface area contributed by atoms with E-state index in [1.54, 1.807) is 48.5 Å². The zero-order valence-electron chi connectivity index (χ0n) is 16.2. The second-order valence-corrected chi connectivity index (χ2v) is 6.94. The van der Waals surface area contributed by atoms with Crippen LogP contribution in [0.3, 0.4) is 0 Å². The van der Waals surface area contributed by atoms with Crippen LogP contribution in [0.25, 0.3) is 28.2 Å². The summed E-state index contributed by atoms with van der Waals surface area (Å²) in [6.45, 7) is 0. The minimum absolute atomic E-state index is 0.197. The van der Waals surface area contributed by atoms with E-state index < -0.39 is 17.7 Å². The molecule has 0 bridgehead atoms. The molecule has 7 heteroatoms. The van der Waals surface area contributed by atoms with Gasteiger partial charge in [-0.05, 0) is 18.2 Å². The fourth-order valence-electron chi connectivity index (χ4n) is 3.49. The van der Waals surface area contributed by atoms with Crippen LogP contribution in [-0.2, 0) is 17.4 Å². The lowest BCUT2D eigenvalue weighted by Gasteiger charge is -2.12. The summed E-state index contributed by atoms with van der Waals surface area (Å²) in [6.07, 6.45) is -4.84. The largest absolute Gasteiger partial charge is 0.481 e. The van der Waals surface area contributed by atoms with Crippen molar-refractivity contribution in [3.8, 4) is 28.2 Å². The summed E-state index contributed by atoms with van der Waals surface area (Å²) in [6, 6.07) is 22.8. The van der Waals surface area contributed by atoms with Crippen molar-refractivity contribution in [2.75, 3.05) is 0 Å². The highest BCUT2D eigenvalue weighted by atomic mass is 19.4. The van der Waals surface area contributed by atoms with Gasteiger partial charge in [-0.3, -0.25) is 4.79 Å². The van der Waals surface area contributed by atoms with Gasteiger partial charge in [0.1, 0.15) is 0 Å². The molecule has 0 fully saturated rings. The fourth-order valence-corrected chi connectivity index (χ4v) is 3.49. The van der Waals surface area contributed by atoms with Crippen molar-refractivity contribution < 1.29 is 23.1 Å². The molecule has 0 aliphatic heterocycles. The van der Waals surface area contributed by atoms with E-state index in [4.69, 9.17) is 0 Å². The molecule has 0 spiro atoms. The number of hydrogen-bond donors (Lipinski definition) is 1. The van der Waals surface area contributed by atoms with Gasteiger partial charge < -0.3 is 5.11 Å². The molecule has 0 amide bonds. The first-order chi connectivity index (χ1) is 14.8. The molecular formula is C24H17F3N2O2. The number of carboxylic acid groups (broad SMARTS) is 1. The second-order valence-electron chi connectivity index (χ2n) is 6.94. The van der Waals surface area contributed by atoms with Gasteiger partial charge in [0.15, 0.2) is 0 Å². The highest BCUT2D eigenvalue weighted by molar-refractivity contribution is 5.82. The number of aliphatic carboxylic acids is 1. The summed E-state index contributed by atoms with van der Waals surface area (Å²) in [7, 11) is 0. The van der Waals surface area contributed by atoms with E-state index in [9.17, 15) is 23.1 Å². The monoisotopic (exact) mass is 422 g/mol. The van der Waals surface area contributed by atoms with Gasteiger partial charge in [0.05, 0.1) is 29.1 Å². The topological polar surface area (TPSA) is 55.1 Å². The summed E-state index contributed by atoms with van der Waals surface area (Å²) in [5.41, 5.74) is 2.03. The Bertz CT molecular complexity index is 1220. The highest BCUT2D eigenvalue weighted by Crippen LogP contribution is 2.36. The summed E-state index contributed by atoms with van der Waals surface area (Å²) in [5.74, 6) is -1.06. The van der Waals surface area contributed by atoms with E-state index in [1.165, 1.54) is 16.8 Å². The molecule has 3 aromatic carbocycles. The van der Waals surface area contributed by atoms with E-state index >= 15 is 0 Å². The van der Waals surface area contributed by atoms with Gasteiger partial charge >= 0.3 is 12.1 Å². The molecular weight excluding hydrogens is 405 g/mol. The first kappa shape index (κ1) is 20.4. The van der Waals surface area contributed by atoms with Gasteiger partial charge in [0.25, 0.3) is 0 Å². The molecule has 0 unspecified atom stereocenters. The second kappa shape index (κ2) is 8.10. The van der Waals surface area contributed by atoms with Gasteiger partial charge in [-0.15, -0.1) is 0 Å². The number of halogens is 3. The number of carboxylic acids is 1. The first-order valence-corrected chi connectivity index (χ1v) is 9.47. The predicted molar refractivity (Wildman–Crippen MR) is 111 cm³/mol. The van der Waals surface area contributed by atoms with Gasteiger partial charge in [0.2, 0.25) is 0 Å². The third kappa shape index (κ3) is 4.21. The molecule has 0 saturated heterocycles. The Morgan fingerprint density at radius 2 is 1.48 bits per heavy atom. The lowest BCUT2D eigenvalue weighted by Crippen LogP contribution is -2.07. The lowest BCUT2D eigenvalue weighted by atomic mass is 9.99. The zero-order valence-corrected chi connectivity index (χ0v) is 16.2. The number of aromatic nitrogens is 2. The molecule has 0 aliphatic carbocycles. The Kier molecular flexibility index (Phi) is 5.33. The average molecular weight is 422 g/mol. The summed E-state index contributed by atoms with van der Waals surface area (Å²) >= 11 is 0. The zero-order chi connectivity index (χ0) is 22.0. The number of benzene rings is 3. The van der Waals surface area contributed by atoms with Gasteiger partial charge in [0, 0.05) is 16.7 Å². The van der Waals surface area contributed by atoms with E-state index in [2.05, 4.69) is 5.10 Å². The Morgan fingerprint density at radius 1 is 0.871 bits per heavy atom. The molecule has 156 valence electrons. The Morgan fingerprint density at radius 3 is 2.06 bits per heavy atom. The Labute approximate surface area is 176 Å². The van der Waals surface area contributed by atoms with Crippen LogP contribution in [-0.4, -0.2) is 20.9 Å². The quantitative estimate of drug-likeness (QED) is 0.439. The smallest absolute Gasteiger partial charge is 0.416 e. The molecule has 1 aromatic heterocycles. The molecule has 0 atom stereocenters. The van der Waals surface area contributed by atoms with E-state index in [1.807, 2.05) is 12.1 Å². The van der Waals surface area contributed by atoms with Crippen molar-refractivity contribution >= 4 is 5.97 Å². The van der Waals surface area contributed by atoms with Crippen molar-refractivity contribution in [1.82, 2.24) is 9.78 Å². The molecule has 1 heterocycles. The standard InChI is InChI=1S/C24H17F3N2O2/c25-24(26,27)18-12-7-13-19(14-18)29-23(17-10-5-2-6-11-17)20(15-21(30)31)22(28-29)16-8-3-1-4-9-16/h1-14H,15H2,(H,30,31). The summed E-state index contributed by atoms with van der Waals surface area (Å²) in [5, 5.41) is 14.1. The van der Waals surface area contributed by atoms with Crippen LogP contribution in [0.1, 0.15) is 11.1 Å². The molecule has 4 nitrogen and oxygen atoms in total. The van der Waals surface area contributed by atoms with Gasteiger partial charge in [-0.2, -0.15) is 18.3 Å². The van der Waals surface area contributed by atoms with Crippen molar-refractivity contribution in [3.63, 3.8) is 0 Å². The van der Waals surface area contributed by atoms with Crippen LogP contribution >= 0.6 is 0 Å². The fraction of sp³-hybridized carbons (Fsp3) is 0.0833. The van der Waals surface area contributed by atoms with Crippen LogP contribution in [0.15, 0.2) is 84.9 Å². The third-order valence-electron chi connectivity index (χ3n) is 4.82. The lowest BCUT2D eigenvalue weighted by molar-refractivity contribution is -0.138. The number of rotatable bonds is 5. The van der Waals surface area contributed by atoms with Crippen LogP contribution < -0.4 is 0 Å². The van der Waals surface area contributed by atoms with Crippen LogP contribution in [0.4, 0.5) is 13.2 Å². The van der Waals surface area contributed by atoms with Crippen LogP contribution in [0.5, 0.6) is 0 Å². The molecule has 4 rings (SSSR count). The molecule has 1 N–H and O–H groups in total. The van der Waals surface area contributed by atoms with E-state index in [0.717, 1.165) is 12.1 Å². The Balaban J connectivity index is 2.03. The minimum atomic E-state index is -4.51. The number of nitrogens with zero attached hydrogens (tertiary/aromatic N) is 2. The van der Waals surface area contributed by atoms with Crippen molar-refractivity contribution in [2.45, 2.75) is 12.6 Å². The summed E-state index contributed by atoms with van der Waals surface area (Å²) < 4.78 is 41.4. The number of alkyl halides is 3. The molecule has 4 aromatic rings. The maximum atomic E-state index is 13.3. The molecule has 0 aliphatic rings. The number of hydrogen-bond acceptors (Lipinski definition) is 2. The Hall–Kier alpha value is -3.87. The van der Waals surface area contributed by atoms with E-state index in [0.29, 0.717) is 28.1 Å². The maximum absolute atomic E-state index is 13.3. The number of carbonyl (C=O) groups is 1. The van der Waals surface area contributed by atoms with Crippen molar-refractivity contribution in [2.24, 2.45) is 0 Å². The van der Waals surface area contributed by atoms with Crippen molar-refractivity contribution in [1.29, 1.82) is 0 Å². The predicted octanol–water partition coefficient (Wildman–Crippen LogP) is 5.85. The first-order valence-electron chi connectivity index (χ1n) is 9.47. The van der Waals surface area contributed by atoms with E-state index in [-0.39, 0.29) is 12.1 Å². The molecule has 0 radical (unpaired) electrons. The normalized spacial score (nSPS) is 11.5. The average Bonchev–Trinajstić information content (AvgIpc) is 3.13. The molecule has 0 saturated carbocycles. The minimum Gasteiger partial charge on any atom is -0.481 e. The van der Waals surface area contributed by atoms with Gasteiger partial charge in [-0.1, -0.05) is 66.7 Å². The SMILES string of the molecule is O=C(O)Cc1c(-c2ccccc2)nn(-c2cccc(C(F)(F)F)c2)c1-c1ccccc1. The van der Waals surface area contributed by atoms with Crippen molar-refractivity contribution in [3.05, 3.63) is 96.1 Å². The highest BCUT2D eigenvalue weighted by Gasteiger charge is 2.31. The van der Waals surface area contributed by atoms with Crippen LogP contribution in [0, 0.1) is 0 Å².